The molecule has 4 heteroatoms. The monoisotopic (exact) mass is 403 g/mol. The van der Waals surface area contributed by atoms with Crippen LogP contribution in [0.15, 0.2) is 46.9 Å². The summed E-state index contributed by atoms with van der Waals surface area (Å²) in [6.07, 6.45) is 5.58. The number of anilines is 1. The lowest BCUT2D eigenvalue weighted by Gasteiger charge is -2.10. The highest BCUT2D eigenvalue weighted by Gasteiger charge is 2.07. The van der Waals surface area contributed by atoms with E-state index < -0.39 is 0 Å². The molecule has 0 aliphatic rings. The summed E-state index contributed by atoms with van der Waals surface area (Å²) in [4.78, 5) is 12.1. The smallest absolute Gasteiger partial charge is 0.262 e. The van der Waals surface area contributed by atoms with Gasteiger partial charge in [0.2, 0.25) is 0 Å². The zero-order valence-corrected chi connectivity index (χ0v) is 16.6. The van der Waals surface area contributed by atoms with Gasteiger partial charge in [-0.3, -0.25) is 4.79 Å². The maximum Gasteiger partial charge on any atom is 0.262 e. The Morgan fingerprint density at radius 2 is 1.72 bits per heavy atom. The first-order valence-corrected chi connectivity index (χ1v) is 9.71. The van der Waals surface area contributed by atoms with Gasteiger partial charge in [-0.25, -0.2) is 0 Å². The third-order valence-corrected chi connectivity index (χ3v) is 4.61. The molecule has 0 saturated heterocycles. The molecular weight excluding hydrogens is 378 g/mol. The van der Waals surface area contributed by atoms with Crippen molar-refractivity contribution in [1.29, 1.82) is 0 Å². The standard InChI is InChI=1S/C21H26BrNO2/c1-3-5-7-17-10-13-20(19(22)14-17)23-21(24)15-25-18-11-8-16(6-4-2)9-12-18/h8-14H,3-7,15H2,1-2H3,(H,23,24). The minimum atomic E-state index is -0.167. The SMILES string of the molecule is CCCCc1ccc(NC(=O)COc2ccc(CCC)cc2)c(Br)c1. The highest BCUT2D eigenvalue weighted by atomic mass is 79.9. The summed E-state index contributed by atoms with van der Waals surface area (Å²) in [6, 6.07) is 14.0. The zero-order valence-electron chi connectivity index (χ0n) is 15.0. The van der Waals surface area contributed by atoms with Gasteiger partial charge in [-0.15, -0.1) is 0 Å². The van der Waals surface area contributed by atoms with Crippen molar-refractivity contribution in [2.45, 2.75) is 46.0 Å². The second-order valence-corrected chi connectivity index (χ2v) is 7.00. The van der Waals surface area contributed by atoms with Crippen molar-refractivity contribution in [1.82, 2.24) is 0 Å². The molecule has 0 spiro atoms. The molecule has 0 saturated carbocycles. The van der Waals surface area contributed by atoms with Gasteiger partial charge >= 0.3 is 0 Å². The number of benzene rings is 2. The Kier molecular flexibility index (Phi) is 7.99. The molecule has 2 aromatic carbocycles. The fourth-order valence-corrected chi connectivity index (χ4v) is 3.10. The number of amides is 1. The van der Waals surface area contributed by atoms with Crippen LogP contribution in [-0.2, 0) is 17.6 Å². The summed E-state index contributed by atoms with van der Waals surface area (Å²) >= 11 is 3.53. The van der Waals surface area contributed by atoms with Crippen molar-refractivity contribution in [2.24, 2.45) is 0 Å². The lowest BCUT2D eigenvalue weighted by atomic mass is 10.1. The molecule has 0 aliphatic heterocycles. The fraction of sp³-hybridized carbons (Fsp3) is 0.381. The highest BCUT2D eigenvalue weighted by Crippen LogP contribution is 2.24. The molecule has 0 unspecified atom stereocenters. The van der Waals surface area contributed by atoms with Crippen LogP contribution in [-0.4, -0.2) is 12.5 Å². The molecule has 0 heterocycles. The number of nitrogens with one attached hydrogen (secondary N) is 1. The molecule has 0 aromatic heterocycles. The van der Waals surface area contributed by atoms with E-state index in [0.717, 1.165) is 29.4 Å². The summed E-state index contributed by atoms with van der Waals surface area (Å²) in [5.41, 5.74) is 3.33. The van der Waals surface area contributed by atoms with Crippen LogP contribution in [0, 0.1) is 0 Å². The molecule has 2 aromatic rings. The number of carbonyl (C=O) groups is 1. The van der Waals surface area contributed by atoms with Crippen LogP contribution in [0.4, 0.5) is 5.69 Å². The largest absolute Gasteiger partial charge is 0.484 e. The van der Waals surface area contributed by atoms with Gasteiger partial charge in [-0.05, 0) is 70.6 Å². The van der Waals surface area contributed by atoms with Crippen LogP contribution in [0.2, 0.25) is 0 Å². The molecule has 0 aliphatic carbocycles. The summed E-state index contributed by atoms with van der Waals surface area (Å²) < 4.78 is 6.46. The van der Waals surface area contributed by atoms with Crippen LogP contribution in [0.1, 0.15) is 44.2 Å². The first-order valence-electron chi connectivity index (χ1n) is 8.92. The van der Waals surface area contributed by atoms with E-state index in [1.54, 1.807) is 0 Å². The number of hydrogen-bond acceptors (Lipinski definition) is 2. The molecule has 2 rings (SSSR count). The van der Waals surface area contributed by atoms with E-state index in [1.165, 1.54) is 24.0 Å². The maximum absolute atomic E-state index is 12.1. The Balaban J connectivity index is 1.85. The normalized spacial score (nSPS) is 10.5. The van der Waals surface area contributed by atoms with E-state index in [-0.39, 0.29) is 12.5 Å². The Bertz CT molecular complexity index is 683. The highest BCUT2D eigenvalue weighted by molar-refractivity contribution is 9.10. The number of aryl methyl sites for hydroxylation is 2. The Labute approximate surface area is 158 Å². The van der Waals surface area contributed by atoms with Crippen LogP contribution >= 0.6 is 15.9 Å². The van der Waals surface area contributed by atoms with E-state index >= 15 is 0 Å². The lowest BCUT2D eigenvalue weighted by molar-refractivity contribution is -0.118. The molecule has 1 N–H and O–H groups in total. The number of unbranched alkanes of at least 4 members (excludes halogenated alkanes) is 1. The molecule has 134 valence electrons. The van der Waals surface area contributed by atoms with Gasteiger partial charge in [-0.1, -0.05) is 44.9 Å². The molecule has 0 atom stereocenters. The minimum absolute atomic E-state index is 0.00283. The van der Waals surface area contributed by atoms with Crippen molar-refractivity contribution in [3.63, 3.8) is 0 Å². The summed E-state index contributed by atoms with van der Waals surface area (Å²) in [7, 11) is 0. The average molecular weight is 404 g/mol. The van der Waals surface area contributed by atoms with Gasteiger partial charge in [0.1, 0.15) is 5.75 Å². The van der Waals surface area contributed by atoms with Crippen LogP contribution in [0.3, 0.4) is 0 Å². The summed E-state index contributed by atoms with van der Waals surface area (Å²) in [5.74, 6) is 0.545. The first-order chi connectivity index (χ1) is 12.1. The van der Waals surface area contributed by atoms with E-state index in [4.69, 9.17) is 4.74 Å². The second-order valence-electron chi connectivity index (χ2n) is 6.15. The number of hydrogen-bond donors (Lipinski definition) is 1. The number of carbonyl (C=O) groups excluding carboxylic acids is 1. The molecule has 0 fully saturated rings. The van der Waals surface area contributed by atoms with E-state index in [2.05, 4.69) is 47.2 Å². The lowest BCUT2D eigenvalue weighted by Crippen LogP contribution is -2.20. The summed E-state index contributed by atoms with van der Waals surface area (Å²) in [6.45, 7) is 4.33. The topological polar surface area (TPSA) is 38.3 Å². The van der Waals surface area contributed by atoms with Crippen molar-refractivity contribution in [2.75, 3.05) is 11.9 Å². The van der Waals surface area contributed by atoms with Gasteiger partial charge < -0.3 is 10.1 Å². The van der Waals surface area contributed by atoms with Gasteiger partial charge in [0.25, 0.3) is 5.91 Å². The maximum atomic E-state index is 12.1. The van der Waals surface area contributed by atoms with Crippen LogP contribution in [0.5, 0.6) is 5.75 Å². The zero-order chi connectivity index (χ0) is 18.1. The minimum Gasteiger partial charge on any atom is -0.484 e. The number of halogens is 1. The van der Waals surface area contributed by atoms with E-state index in [0.29, 0.717) is 5.75 Å². The van der Waals surface area contributed by atoms with Crippen LogP contribution in [0.25, 0.3) is 0 Å². The van der Waals surface area contributed by atoms with Crippen molar-refractivity contribution in [3.8, 4) is 5.75 Å². The van der Waals surface area contributed by atoms with Gasteiger partial charge in [0.15, 0.2) is 6.61 Å². The second kappa shape index (κ2) is 10.2. The van der Waals surface area contributed by atoms with E-state index in [9.17, 15) is 4.79 Å². The molecule has 0 radical (unpaired) electrons. The van der Waals surface area contributed by atoms with Crippen molar-refractivity contribution >= 4 is 27.5 Å². The van der Waals surface area contributed by atoms with E-state index in [1.807, 2.05) is 30.3 Å². The molecule has 25 heavy (non-hydrogen) atoms. The number of rotatable bonds is 9. The Morgan fingerprint density at radius 3 is 2.36 bits per heavy atom. The third-order valence-electron chi connectivity index (χ3n) is 3.96. The quantitative estimate of drug-likeness (QED) is 0.577. The number of ether oxygens (including phenoxy) is 1. The molecule has 0 bridgehead atoms. The Hall–Kier alpha value is -1.81. The molecule has 3 nitrogen and oxygen atoms in total. The van der Waals surface area contributed by atoms with Gasteiger partial charge in [-0.2, -0.15) is 0 Å². The Morgan fingerprint density at radius 1 is 1.00 bits per heavy atom. The third kappa shape index (κ3) is 6.54. The average Bonchev–Trinajstić information content (AvgIpc) is 2.62. The predicted octanol–water partition coefficient (Wildman–Crippen LogP) is 5.76. The molecule has 1 amide bonds. The molecular formula is C21H26BrNO2. The van der Waals surface area contributed by atoms with Crippen molar-refractivity contribution in [3.05, 3.63) is 58.1 Å². The van der Waals surface area contributed by atoms with Gasteiger partial charge in [0, 0.05) is 4.47 Å². The first kappa shape index (κ1) is 19.5. The van der Waals surface area contributed by atoms with Crippen molar-refractivity contribution < 1.29 is 9.53 Å². The summed E-state index contributed by atoms with van der Waals surface area (Å²) in [5, 5.41) is 2.88. The predicted molar refractivity (Wildman–Crippen MR) is 107 cm³/mol. The van der Waals surface area contributed by atoms with Gasteiger partial charge in [0.05, 0.1) is 5.69 Å². The van der Waals surface area contributed by atoms with Crippen LogP contribution < -0.4 is 10.1 Å². The fourth-order valence-electron chi connectivity index (χ4n) is 2.57.